The lowest BCUT2D eigenvalue weighted by molar-refractivity contribution is -0.901. The van der Waals surface area contributed by atoms with Crippen molar-refractivity contribution in [1.82, 2.24) is 4.90 Å². The van der Waals surface area contributed by atoms with Gasteiger partial charge in [0, 0.05) is 12.0 Å². The van der Waals surface area contributed by atoms with Gasteiger partial charge in [-0.3, -0.25) is 9.59 Å². The minimum absolute atomic E-state index is 0.0710. The molecule has 0 radical (unpaired) electrons. The monoisotopic (exact) mass is 351 g/mol. The Bertz CT molecular complexity index is 768. The summed E-state index contributed by atoms with van der Waals surface area (Å²) >= 11 is 0. The predicted octanol–water partition coefficient (Wildman–Crippen LogP) is 2.32. The molecule has 0 saturated carbocycles. The number of hydrogen-bond acceptors (Lipinski definition) is 2. The van der Waals surface area contributed by atoms with E-state index in [1.807, 2.05) is 37.4 Å². The number of nitrogens with one attached hydrogen (secondary N) is 1. The average Bonchev–Trinajstić information content (AvgIpc) is 2.91. The van der Waals surface area contributed by atoms with Gasteiger partial charge in [-0.2, -0.15) is 0 Å². The Hall–Kier alpha value is -2.46. The van der Waals surface area contributed by atoms with Gasteiger partial charge in [0.2, 0.25) is 11.8 Å². The fourth-order valence-electron chi connectivity index (χ4n) is 3.49. The van der Waals surface area contributed by atoms with Crippen LogP contribution in [0.5, 0.6) is 0 Å². The van der Waals surface area contributed by atoms with Gasteiger partial charge >= 0.3 is 0 Å². The zero-order chi connectivity index (χ0) is 18.7. The third-order valence-corrected chi connectivity index (χ3v) is 5.03. The summed E-state index contributed by atoms with van der Waals surface area (Å²) < 4.78 is 0. The van der Waals surface area contributed by atoms with E-state index in [9.17, 15) is 9.59 Å². The van der Waals surface area contributed by atoms with Gasteiger partial charge in [0.25, 0.3) is 0 Å². The first-order chi connectivity index (χ1) is 12.5. The largest absolute Gasteiger partial charge is 0.316 e. The smallest absolute Gasteiger partial charge is 0.241 e. The summed E-state index contributed by atoms with van der Waals surface area (Å²) in [6, 6.07) is 18.2. The summed E-state index contributed by atoms with van der Waals surface area (Å²) in [5.41, 5.74) is 3.46. The van der Waals surface area contributed by atoms with Crippen molar-refractivity contribution in [2.24, 2.45) is 0 Å². The molecule has 1 saturated heterocycles. The van der Waals surface area contributed by atoms with Crippen molar-refractivity contribution in [3.8, 4) is 0 Å². The minimum atomic E-state index is -0.332. The maximum absolute atomic E-state index is 12.7. The van der Waals surface area contributed by atoms with E-state index in [1.165, 1.54) is 16.0 Å². The molecule has 1 aliphatic heterocycles. The van der Waals surface area contributed by atoms with Crippen molar-refractivity contribution in [3.63, 3.8) is 0 Å². The molecule has 26 heavy (non-hydrogen) atoms. The quantitative estimate of drug-likeness (QED) is 0.812. The maximum atomic E-state index is 12.7. The van der Waals surface area contributed by atoms with Gasteiger partial charge in [-0.15, -0.1) is 0 Å². The van der Waals surface area contributed by atoms with Crippen molar-refractivity contribution in [2.75, 3.05) is 13.7 Å². The number of quaternary nitrogens is 1. The molecule has 1 heterocycles. The Kier molecular flexibility index (Phi) is 5.52. The molecule has 0 aliphatic carbocycles. The first-order valence-electron chi connectivity index (χ1n) is 9.25. The number of rotatable bonds is 6. The van der Waals surface area contributed by atoms with Crippen LogP contribution in [0.4, 0.5) is 0 Å². The molecule has 1 unspecified atom stereocenters. The van der Waals surface area contributed by atoms with E-state index in [2.05, 4.69) is 38.1 Å². The highest BCUT2D eigenvalue weighted by Gasteiger charge is 2.40. The van der Waals surface area contributed by atoms with Crippen molar-refractivity contribution < 1.29 is 14.5 Å². The fraction of sp³-hybridized carbons (Fsp3) is 0.364. The van der Waals surface area contributed by atoms with Crippen LogP contribution in [0.15, 0.2) is 54.6 Å². The Morgan fingerprint density at radius 1 is 1.04 bits per heavy atom. The van der Waals surface area contributed by atoms with E-state index in [-0.39, 0.29) is 24.2 Å². The number of imide groups is 1. The Balaban J connectivity index is 1.62. The van der Waals surface area contributed by atoms with Crippen LogP contribution in [-0.2, 0) is 16.1 Å². The van der Waals surface area contributed by atoms with Crippen LogP contribution in [0, 0.1) is 0 Å². The highest BCUT2D eigenvalue weighted by Crippen LogP contribution is 2.28. The third kappa shape index (κ3) is 4.02. The second-order valence-electron chi connectivity index (χ2n) is 7.52. The first-order valence-corrected chi connectivity index (χ1v) is 9.25. The van der Waals surface area contributed by atoms with E-state index >= 15 is 0 Å². The molecular weight excluding hydrogens is 324 g/mol. The molecule has 4 nitrogen and oxygen atoms in total. The van der Waals surface area contributed by atoms with Gasteiger partial charge in [0.1, 0.15) is 6.54 Å². The van der Waals surface area contributed by atoms with Gasteiger partial charge in [-0.1, -0.05) is 68.4 Å². The predicted molar refractivity (Wildman–Crippen MR) is 102 cm³/mol. The Labute approximate surface area is 155 Å². The lowest BCUT2D eigenvalue weighted by atomic mass is 9.98. The molecule has 1 N–H and O–H groups in total. The second-order valence-corrected chi connectivity index (χ2v) is 7.52. The van der Waals surface area contributed by atoms with Crippen LogP contribution in [-0.4, -0.2) is 30.4 Å². The summed E-state index contributed by atoms with van der Waals surface area (Å²) in [5, 5.41) is 0. The van der Waals surface area contributed by atoms with Gasteiger partial charge in [-0.05, 0) is 17.0 Å². The molecule has 2 amide bonds. The molecule has 0 aromatic heterocycles. The normalized spacial score (nSPS) is 18.6. The van der Waals surface area contributed by atoms with Crippen LogP contribution < -0.4 is 4.90 Å². The number of benzene rings is 2. The zero-order valence-electron chi connectivity index (χ0n) is 15.7. The van der Waals surface area contributed by atoms with E-state index < -0.39 is 0 Å². The molecule has 1 aliphatic rings. The van der Waals surface area contributed by atoms with Crippen molar-refractivity contribution in [2.45, 2.75) is 38.6 Å². The highest BCUT2D eigenvalue weighted by molar-refractivity contribution is 6.06. The lowest BCUT2D eigenvalue weighted by Gasteiger charge is -2.21. The highest BCUT2D eigenvalue weighted by atomic mass is 16.2. The molecule has 2 aromatic carbocycles. The van der Waals surface area contributed by atoms with Crippen molar-refractivity contribution >= 4 is 11.8 Å². The molecule has 2 atom stereocenters. The Morgan fingerprint density at radius 3 is 2.31 bits per heavy atom. The molecule has 4 heteroatoms. The topological polar surface area (TPSA) is 41.8 Å². The number of hydrogen-bond donors (Lipinski definition) is 1. The van der Waals surface area contributed by atoms with E-state index in [0.717, 1.165) is 17.0 Å². The molecule has 0 spiro atoms. The minimum Gasteiger partial charge on any atom is -0.316 e. The van der Waals surface area contributed by atoms with Gasteiger partial charge < -0.3 is 4.90 Å². The number of amides is 2. The van der Waals surface area contributed by atoms with Gasteiger partial charge in [0.15, 0.2) is 6.67 Å². The molecule has 1 fully saturated rings. The van der Waals surface area contributed by atoms with Gasteiger partial charge in [0.05, 0.1) is 13.0 Å². The Morgan fingerprint density at radius 2 is 1.69 bits per heavy atom. The summed E-state index contributed by atoms with van der Waals surface area (Å²) in [4.78, 5) is 27.6. The zero-order valence-corrected chi connectivity index (χ0v) is 15.7. The SMILES string of the molecule is CC(C)c1ccc(C[NH+](C)CN2C(=O)C[C@H](c3ccccc3)C2=O)cc1. The summed E-state index contributed by atoms with van der Waals surface area (Å²) in [6.07, 6.45) is 0.277. The number of carbonyl (C=O) groups is 2. The third-order valence-electron chi connectivity index (χ3n) is 5.03. The molecular formula is C22H27N2O2+. The van der Waals surface area contributed by atoms with Crippen molar-refractivity contribution in [3.05, 3.63) is 71.3 Å². The van der Waals surface area contributed by atoms with Crippen LogP contribution in [0.2, 0.25) is 0 Å². The summed E-state index contributed by atoms with van der Waals surface area (Å²) in [7, 11) is 2.02. The fourth-order valence-corrected chi connectivity index (χ4v) is 3.49. The first kappa shape index (κ1) is 18.3. The van der Waals surface area contributed by atoms with Crippen molar-refractivity contribution in [1.29, 1.82) is 0 Å². The van der Waals surface area contributed by atoms with Crippen LogP contribution in [0.1, 0.15) is 48.8 Å². The number of carbonyl (C=O) groups excluding carboxylic acids is 2. The summed E-state index contributed by atoms with van der Waals surface area (Å²) in [5.74, 6) is 0.0415. The number of likely N-dealkylation sites (tertiary alicyclic amines) is 1. The number of nitrogens with zero attached hydrogens (tertiary/aromatic N) is 1. The average molecular weight is 351 g/mol. The van der Waals surface area contributed by atoms with E-state index in [0.29, 0.717) is 12.6 Å². The standard InChI is InChI=1S/C22H26N2O2/c1-16(2)18-11-9-17(10-12-18)14-23(3)15-24-21(25)13-20(22(24)26)19-7-5-4-6-8-19/h4-12,16,20H,13-15H2,1-3H3/p+1/t20-/m1/s1. The van der Waals surface area contributed by atoms with E-state index in [4.69, 9.17) is 0 Å². The summed E-state index contributed by atoms with van der Waals surface area (Å²) in [6.45, 7) is 5.55. The van der Waals surface area contributed by atoms with Crippen LogP contribution >= 0.6 is 0 Å². The molecule has 0 bridgehead atoms. The molecule has 136 valence electrons. The van der Waals surface area contributed by atoms with Gasteiger partial charge in [-0.25, -0.2) is 4.90 Å². The maximum Gasteiger partial charge on any atom is 0.241 e. The molecule has 2 aromatic rings. The van der Waals surface area contributed by atoms with Crippen LogP contribution in [0.3, 0.4) is 0 Å². The van der Waals surface area contributed by atoms with Crippen LogP contribution in [0.25, 0.3) is 0 Å². The molecule has 3 rings (SSSR count). The van der Waals surface area contributed by atoms with E-state index in [1.54, 1.807) is 0 Å². The lowest BCUT2D eigenvalue weighted by Crippen LogP contribution is -3.09. The second kappa shape index (κ2) is 7.83.